The molecule has 0 bridgehead atoms. The van der Waals surface area contributed by atoms with E-state index in [0.29, 0.717) is 4.88 Å². The third-order valence-corrected chi connectivity index (χ3v) is 6.43. The monoisotopic (exact) mass is 399 g/mol. The molecule has 3 aromatic rings. The van der Waals surface area contributed by atoms with Crippen molar-refractivity contribution in [1.82, 2.24) is 5.32 Å². The molecule has 1 N–H and O–H groups in total. The van der Waals surface area contributed by atoms with Crippen LogP contribution >= 0.6 is 11.3 Å². The van der Waals surface area contributed by atoms with Gasteiger partial charge in [0.2, 0.25) is 0 Å². The second kappa shape index (κ2) is 7.66. The lowest BCUT2D eigenvalue weighted by Gasteiger charge is -2.15. The first kappa shape index (κ1) is 19.3. The second-order valence-corrected chi connectivity index (χ2v) is 9.50. The van der Waals surface area contributed by atoms with Crippen molar-refractivity contribution < 1.29 is 13.2 Å². The summed E-state index contributed by atoms with van der Waals surface area (Å²) in [5.41, 5.74) is 3.95. The Balaban J connectivity index is 1.78. The number of amides is 1. The van der Waals surface area contributed by atoms with E-state index in [1.807, 2.05) is 49.6 Å². The van der Waals surface area contributed by atoms with Gasteiger partial charge in [-0.2, -0.15) is 0 Å². The summed E-state index contributed by atoms with van der Waals surface area (Å²) >= 11 is 1.41. The van der Waals surface area contributed by atoms with Crippen molar-refractivity contribution in [2.75, 3.05) is 6.26 Å². The van der Waals surface area contributed by atoms with Gasteiger partial charge in [-0.15, -0.1) is 11.3 Å². The molecule has 0 saturated heterocycles. The van der Waals surface area contributed by atoms with Gasteiger partial charge in [0.15, 0.2) is 9.84 Å². The fraction of sp³-hybridized carbons (Fsp3) is 0.190. The minimum absolute atomic E-state index is 0.139. The van der Waals surface area contributed by atoms with E-state index in [0.717, 1.165) is 16.7 Å². The summed E-state index contributed by atoms with van der Waals surface area (Å²) in [6.07, 6.45) is 1.18. The van der Waals surface area contributed by atoms with Crippen molar-refractivity contribution in [2.24, 2.45) is 0 Å². The second-order valence-electron chi connectivity index (χ2n) is 6.57. The number of carbonyl (C=O) groups excluding carboxylic acids is 1. The van der Waals surface area contributed by atoms with Crippen molar-refractivity contribution in [1.29, 1.82) is 0 Å². The van der Waals surface area contributed by atoms with Crippen molar-refractivity contribution in [3.8, 4) is 11.1 Å². The van der Waals surface area contributed by atoms with Crippen LogP contribution in [0.3, 0.4) is 0 Å². The molecule has 0 fully saturated rings. The zero-order valence-electron chi connectivity index (χ0n) is 15.4. The molecule has 0 unspecified atom stereocenters. The molecule has 1 aromatic heterocycles. The van der Waals surface area contributed by atoms with Crippen molar-refractivity contribution >= 4 is 27.1 Å². The van der Waals surface area contributed by atoms with Gasteiger partial charge in [0.25, 0.3) is 5.91 Å². The number of hydrogen-bond acceptors (Lipinski definition) is 4. The van der Waals surface area contributed by atoms with Crippen LogP contribution in [0.5, 0.6) is 0 Å². The lowest BCUT2D eigenvalue weighted by Crippen LogP contribution is -2.26. The van der Waals surface area contributed by atoms with Crippen LogP contribution in [-0.2, 0) is 9.84 Å². The van der Waals surface area contributed by atoms with Crippen LogP contribution in [0.25, 0.3) is 11.1 Å². The largest absolute Gasteiger partial charge is 0.345 e. The van der Waals surface area contributed by atoms with Crippen LogP contribution in [-0.4, -0.2) is 20.6 Å². The molecule has 0 saturated carbocycles. The van der Waals surface area contributed by atoms with Crippen LogP contribution in [0.4, 0.5) is 0 Å². The Labute approximate surface area is 163 Å². The summed E-state index contributed by atoms with van der Waals surface area (Å²) in [4.78, 5) is 13.7. The summed E-state index contributed by atoms with van der Waals surface area (Å²) in [5, 5.41) is 4.91. The molecule has 0 aliphatic carbocycles. The van der Waals surface area contributed by atoms with E-state index >= 15 is 0 Å². The molecule has 1 atom stereocenters. The van der Waals surface area contributed by atoms with Crippen LogP contribution in [0.1, 0.15) is 33.8 Å². The summed E-state index contributed by atoms with van der Waals surface area (Å²) in [7, 11) is -3.23. The van der Waals surface area contributed by atoms with E-state index in [-0.39, 0.29) is 16.8 Å². The molecule has 6 heteroatoms. The molecule has 0 aliphatic rings. The van der Waals surface area contributed by atoms with Crippen LogP contribution in [0.2, 0.25) is 0 Å². The van der Waals surface area contributed by atoms with Gasteiger partial charge < -0.3 is 5.32 Å². The molecular formula is C21H21NO3S2. The molecule has 1 heterocycles. The fourth-order valence-corrected chi connectivity index (χ4v) is 4.24. The average molecular weight is 400 g/mol. The first-order valence-electron chi connectivity index (χ1n) is 8.51. The molecule has 1 amide bonds. The number of sulfone groups is 1. The zero-order chi connectivity index (χ0) is 19.6. The number of benzene rings is 2. The Hall–Kier alpha value is -2.44. The van der Waals surface area contributed by atoms with E-state index in [9.17, 15) is 13.2 Å². The lowest BCUT2D eigenvalue weighted by molar-refractivity contribution is 0.0944. The van der Waals surface area contributed by atoms with E-state index in [2.05, 4.69) is 5.32 Å². The Kier molecular flexibility index (Phi) is 5.48. The Morgan fingerprint density at radius 3 is 2.22 bits per heavy atom. The van der Waals surface area contributed by atoms with Crippen molar-refractivity contribution in [3.05, 3.63) is 76.0 Å². The summed E-state index contributed by atoms with van der Waals surface area (Å²) < 4.78 is 23.1. The highest BCUT2D eigenvalue weighted by molar-refractivity contribution is 7.90. The molecule has 2 aromatic carbocycles. The maximum atomic E-state index is 12.8. The Morgan fingerprint density at radius 1 is 1.00 bits per heavy atom. The normalized spacial score (nSPS) is 12.6. The highest BCUT2D eigenvalue weighted by Gasteiger charge is 2.18. The van der Waals surface area contributed by atoms with Gasteiger partial charge in [0.1, 0.15) is 0 Å². The predicted octanol–water partition coefficient (Wildman–Crippen LogP) is 4.62. The van der Waals surface area contributed by atoms with Crippen molar-refractivity contribution in [2.45, 2.75) is 24.8 Å². The fourth-order valence-electron chi connectivity index (χ4n) is 2.79. The van der Waals surface area contributed by atoms with Gasteiger partial charge in [-0.3, -0.25) is 4.79 Å². The molecule has 0 aliphatic heterocycles. The molecule has 4 nitrogen and oxygen atoms in total. The van der Waals surface area contributed by atoms with Crippen molar-refractivity contribution in [3.63, 3.8) is 0 Å². The van der Waals surface area contributed by atoms with Gasteiger partial charge in [0, 0.05) is 11.8 Å². The standard InChI is InChI=1S/C21H21NO3S2/c1-14-4-6-17(7-5-14)19-12-13-26-20(19)21(23)22-15(2)16-8-10-18(11-9-16)27(3,24)25/h4-13,15H,1-3H3,(H,22,23)/t15-/m1/s1. The Bertz CT molecular complexity index is 1050. The summed E-state index contributed by atoms with van der Waals surface area (Å²) in [6.45, 7) is 3.91. The smallest absolute Gasteiger partial charge is 0.262 e. The molecule has 140 valence electrons. The highest BCUT2D eigenvalue weighted by atomic mass is 32.2. The van der Waals surface area contributed by atoms with Gasteiger partial charge in [0.05, 0.1) is 15.8 Å². The molecule has 0 radical (unpaired) electrons. The van der Waals surface area contributed by atoms with Gasteiger partial charge >= 0.3 is 0 Å². The number of carbonyl (C=O) groups is 1. The maximum absolute atomic E-state index is 12.8. The quantitative estimate of drug-likeness (QED) is 0.681. The molecular weight excluding hydrogens is 378 g/mol. The Morgan fingerprint density at radius 2 is 1.63 bits per heavy atom. The molecule has 27 heavy (non-hydrogen) atoms. The maximum Gasteiger partial charge on any atom is 0.262 e. The number of aryl methyl sites for hydroxylation is 1. The van der Waals surface area contributed by atoms with E-state index in [1.165, 1.54) is 23.2 Å². The third kappa shape index (κ3) is 4.46. The molecule has 3 rings (SSSR count). The number of nitrogens with one attached hydrogen (secondary N) is 1. The number of hydrogen-bond donors (Lipinski definition) is 1. The summed E-state index contributed by atoms with van der Waals surface area (Å²) in [5.74, 6) is -0.139. The summed E-state index contributed by atoms with van der Waals surface area (Å²) in [6, 6.07) is 16.4. The first-order valence-corrected chi connectivity index (χ1v) is 11.3. The lowest BCUT2D eigenvalue weighted by atomic mass is 10.0. The molecule has 0 spiro atoms. The zero-order valence-corrected chi connectivity index (χ0v) is 17.0. The van der Waals surface area contributed by atoms with Crippen LogP contribution < -0.4 is 5.32 Å². The average Bonchev–Trinajstić information content (AvgIpc) is 3.11. The van der Waals surface area contributed by atoms with Crippen LogP contribution in [0.15, 0.2) is 64.9 Å². The number of thiophene rings is 1. The van der Waals surface area contributed by atoms with Gasteiger partial charge in [-0.25, -0.2) is 8.42 Å². The van der Waals surface area contributed by atoms with E-state index in [4.69, 9.17) is 0 Å². The van der Waals surface area contributed by atoms with E-state index in [1.54, 1.807) is 24.3 Å². The van der Waals surface area contributed by atoms with Gasteiger partial charge in [-0.05, 0) is 48.6 Å². The van der Waals surface area contributed by atoms with E-state index < -0.39 is 9.84 Å². The predicted molar refractivity (Wildman–Crippen MR) is 110 cm³/mol. The topological polar surface area (TPSA) is 63.2 Å². The SMILES string of the molecule is Cc1ccc(-c2ccsc2C(=O)N[C@H](C)c2ccc(S(C)(=O)=O)cc2)cc1. The third-order valence-electron chi connectivity index (χ3n) is 4.39. The first-order chi connectivity index (χ1) is 12.8. The van der Waals surface area contributed by atoms with Gasteiger partial charge in [-0.1, -0.05) is 42.0 Å². The number of rotatable bonds is 5. The van der Waals surface area contributed by atoms with Crippen LogP contribution in [0, 0.1) is 6.92 Å². The highest BCUT2D eigenvalue weighted by Crippen LogP contribution is 2.29. The minimum Gasteiger partial charge on any atom is -0.345 e. The minimum atomic E-state index is -3.23.